The summed E-state index contributed by atoms with van der Waals surface area (Å²) in [6.07, 6.45) is 3.45. The molecule has 0 fully saturated rings. The average molecular weight is 411 g/mol. The molecule has 0 unspecified atom stereocenters. The third kappa shape index (κ3) is 4.79. The number of hydrogen-bond donors (Lipinski definition) is 1. The van der Waals surface area contributed by atoms with Gasteiger partial charge in [-0.05, 0) is 64.4 Å². The highest BCUT2D eigenvalue weighted by atomic mass is 32.2. The minimum Gasteiger partial charge on any atom is -0.340 e. The van der Waals surface area contributed by atoms with Crippen LogP contribution in [-0.4, -0.2) is 28.1 Å². The Balaban J connectivity index is 1.84. The first-order chi connectivity index (χ1) is 13.6. The first-order valence-corrected chi connectivity index (χ1v) is 11.1. The van der Waals surface area contributed by atoms with E-state index in [0.29, 0.717) is 11.6 Å². The van der Waals surface area contributed by atoms with E-state index in [1.807, 2.05) is 50.2 Å². The molecule has 0 radical (unpaired) electrons. The van der Waals surface area contributed by atoms with Gasteiger partial charge in [-0.15, -0.1) is 0 Å². The van der Waals surface area contributed by atoms with Crippen LogP contribution in [0.3, 0.4) is 0 Å². The number of rotatable bonds is 5. The molecule has 0 bridgehead atoms. The molecule has 29 heavy (non-hydrogen) atoms. The monoisotopic (exact) mass is 410 g/mol. The lowest BCUT2D eigenvalue weighted by molar-refractivity contribution is 0.559. The van der Waals surface area contributed by atoms with Gasteiger partial charge in [-0.2, -0.15) is 0 Å². The Morgan fingerprint density at radius 1 is 1.00 bits per heavy atom. The van der Waals surface area contributed by atoms with Crippen LogP contribution in [0.1, 0.15) is 37.6 Å². The minimum atomic E-state index is -3.22. The SMILES string of the molecule is Cc1nc(-c2cccnc2)nc(Nc2ccc(CS(=O)(=O)C(C)(C)C)cc2)c1C. The van der Waals surface area contributed by atoms with E-state index in [9.17, 15) is 8.42 Å². The van der Waals surface area contributed by atoms with E-state index in [-0.39, 0.29) is 5.75 Å². The topological polar surface area (TPSA) is 84.8 Å². The molecule has 2 heterocycles. The van der Waals surface area contributed by atoms with E-state index in [0.717, 1.165) is 28.1 Å². The molecular formula is C22H26N4O2S. The summed E-state index contributed by atoms with van der Waals surface area (Å²) in [7, 11) is -3.22. The van der Waals surface area contributed by atoms with Crippen LogP contribution in [0.2, 0.25) is 0 Å². The Hall–Kier alpha value is -2.80. The fourth-order valence-corrected chi connectivity index (χ4v) is 3.70. The Morgan fingerprint density at radius 2 is 1.69 bits per heavy atom. The number of nitrogens with one attached hydrogen (secondary N) is 1. The second-order valence-electron chi connectivity index (χ2n) is 8.04. The zero-order chi connectivity index (χ0) is 21.2. The van der Waals surface area contributed by atoms with Crippen molar-refractivity contribution < 1.29 is 8.42 Å². The van der Waals surface area contributed by atoms with Crippen molar-refractivity contribution in [2.75, 3.05) is 5.32 Å². The Labute approximate surface area is 172 Å². The zero-order valence-corrected chi connectivity index (χ0v) is 18.2. The van der Waals surface area contributed by atoms with Gasteiger partial charge < -0.3 is 5.32 Å². The Bertz CT molecular complexity index is 1100. The average Bonchev–Trinajstić information content (AvgIpc) is 2.66. The van der Waals surface area contributed by atoms with Crippen LogP contribution < -0.4 is 5.32 Å². The van der Waals surface area contributed by atoms with Gasteiger partial charge in [0, 0.05) is 34.9 Å². The summed E-state index contributed by atoms with van der Waals surface area (Å²) in [5.41, 5.74) is 4.28. The fraction of sp³-hybridized carbons (Fsp3) is 0.318. The van der Waals surface area contributed by atoms with E-state index in [1.54, 1.807) is 33.2 Å². The highest BCUT2D eigenvalue weighted by Gasteiger charge is 2.28. The van der Waals surface area contributed by atoms with E-state index in [4.69, 9.17) is 0 Å². The summed E-state index contributed by atoms with van der Waals surface area (Å²) in [5.74, 6) is 1.34. The molecule has 152 valence electrons. The van der Waals surface area contributed by atoms with Crippen LogP contribution in [0, 0.1) is 13.8 Å². The van der Waals surface area contributed by atoms with Gasteiger partial charge in [-0.3, -0.25) is 4.98 Å². The lowest BCUT2D eigenvalue weighted by Gasteiger charge is -2.19. The number of aromatic nitrogens is 3. The Morgan fingerprint density at radius 3 is 2.28 bits per heavy atom. The summed E-state index contributed by atoms with van der Waals surface area (Å²) >= 11 is 0. The van der Waals surface area contributed by atoms with Crippen LogP contribution in [-0.2, 0) is 15.6 Å². The molecule has 3 rings (SSSR count). The molecular weight excluding hydrogens is 384 g/mol. The first kappa shape index (κ1) is 20.9. The Kier molecular flexibility index (Phi) is 5.71. The maximum atomic E-state index is 12.4. The van der Waals surface area contributed by atoms with Gasteiger partial charge in [0.15, 0.2) is 15.7 Å². The van der Waals surface area contributed by atoms with E-state index in [2.05, 4.69) is 20.3 Å². The van der Waals surface area contributed by atoms with Crippen molar-refractivity contribution >= 4 is 21.3 Å². The molecule has 1 aromatic carbocycles. The third-order valence-corrected chi connectivity index (χ3v) is 7.39. The predicted molar refractivity (Wildman–Crippen MR) is 117 cm³/mol. The molecule has 0 aliphatic carbocycles. The fourth-order valence-electron chi connectivity index (χ4n) is 2.63. The van der Waals surface area contributed by atoms with Crippen LogP contribution in [0.5, 0.6) is 0 Å². The van der Waals surface area contributed by atoms with E-state index >= 15 is 0 Å². The highest BCUT2D eigenvalue weighted by Crippen LogP contribution is 2.25. The largest absolute Gasteiger partial charge is 0.340 e. The lowest BCUT2D eigenvalue weighted by atomic mass is 10.2. The normalized spacial score (nSPS) is 12.0. The molecule has 0 saturated carbocycles. The molecule has 0 aliphatic heterocycles. The van der Waals surface area contributed by atoms with Crippen molar-refractivity contribution in [3.63, 3.8) is 0 Å². The van der Waals surface area contributed by atoms with Crippen molar-refractivity contribution in [3.8, 4) is 11.4 Å². The molecule has 1 N–H and O–H groups in total. The summed E-state index contributed by atoms with van der Waals surface area (Å²) in [6, 6.07) is 11.2. The maximum absolute atomic E-state index is 12.4. The second kappa shape index (κ2) is 7.91. The van der Waals surface area contributed by atoms with Crippen LogP contribution in [0.15, 0.2) is 48.8 Å². The number of aryl methyl sites for hydroxylation is 1. The summed E-state index contributed by atoms with van der Waals surface area (Å²) in [6.45, 7) is 9.08. The highest BCUT2D eigenvalue weighted by molar-refractivity contribution is 7.91. The summed E-state index contributed by atoms with van der Waals surface area (Å²) < 4.78 is 24.1. The quantitative estimate of drug-likeness (QED) is 0.661. The molecule has 2 aromatic heterocycles. The zero-order valence-electron chi connectivity index (χ0n) is 17.4. The standard InChI is InChI=1S/C22H26N4O2S/c1-15-16(2)24-21(18-7-6-12-23-13-18)26-20(15)25-19-10-8-17(9-11-19)14-29(27,28)22(3,4)5/h6-13H,14H2,1-5H3,(H,24,25,26). The van der Waals surface area contributed by atoms with Gasteiger partial charge in [0.05, 0.1) is 10.5 Å². The minimum absolute atomic E-state index is 0.0214. The summed E-state index contributed by atoms with van der Waals surface area (Å²) in [4.78, 5) is 13.4. The number of anilines is 2. The van der Waals surface area contributed by atoms with E-state index in [1.165, 1.54) is 0 Å². The number of nitrogens with zero attached hydrogens (tertiary/aromatic N) is 3. The molecule has 0 amide bonds. The number of benzene rings is 1. The van der Waals surface area contributed by atoms with Crippen molar-refractivity contribution in [2.45, 2.75) is 45.1 Å². The number of hydrogen-bond acceptors (Lipinski definition) is 6. The van der Waals surface area contributed by atoms with Gasteiger partial charge in [0.25, 0.3) is 0 Å². The molecule has 7 heteroatoms. The van der Waals surface area contributed by atoms with Crippen molar-refractivity contribution in [1.29, 1.82) is 0 Å². The van der Waals surface area contributed by atoms with Crippen LogP contribution in [0.25, 0.3) is 11.4 Å². The molecule has 0 aliphatic rings. The molecule has 6 nitrogen and oxygen atoms in total. The first-order valence-electron chi connectivity index (χ1n) is 9.41. The predicted octanol–water partition coefficient (Wildman–Crippen LogP) is 4.61. The molecule has 0 saturated heterocycles. The number of pyridine rings is 1. The number of sulfone groups is 1. The van der Waals surface area contributed by atoms with E-state index < -0.39 is 14.6 Å². The summed E-state index contributed by atoms with van der Waals surface area (Å²) in [5, 5.41) is 3.32. The molecule has 3 aromatic rings. The van der Waals surface area contributed by atoms with Gasteiger partial charge >= 0.3 is 0 Å². The van der Waals surface area contributed by atoms with Gasteiger partial charge in [-0.25, -0.2) is 18.4 Å². The van der Waals surface area contributed by atoms with Gasteiger partial charge in [0.1, 0.15) is 5.82 Å². The third-order valence-electron chi connectivity index (χ3n) is 4.82. The van der Waals surface area contributed by atoms with Gasteiger partial charge in [-0.1, -0.05) is 12.1 Å². The second-order valence-corrected chi connectivity index (χ2v) is 10.8. The molecule has 0 spiro atoms. The van der Waals surface area contributed by atoms with Crippen LogP contribution >= 0.6 is 0 Å². The van der Waals surface area contributed by atoms with Crippen molar-refractivity contribution in [2.24, 2.45) is 0 Å². The molecule has 0 atom stereocenters. The van der Waals surface area contributed by atoms with Crippen molar-refractivity contribution in [1.82, 2.24) is 15.0 Å². The van der Waals surface area contributed by atoms with Crippen LogP contribution in [0.4, 0.5) is 11.5 Å². The maximum Gasteiger partial charge on any atom is 0.163 e. The van der Waals surface area contributed by atoms with Crippen molar-refractivity contribution in [3.05, 3.63) is 65.6 Å². The van der Waals surface area contributed by atoms with Gasteiger partial charge in [0.2, 0.25) is 0 Å². The lowest BCUT2D eigenvalue weighted by Crippen LogP contribution is -2.29. The smallest absolute Gasteiger partial charge is 0.163 e.